The zero-order valence-corrected chi connectivity index (χ0v) is 22.2. The molecular formula is C28H33F3N4O4. The van der Waals surface area contributed by atoms with Crippen molar-refractivity contribution in [2.24, 2.45) is 5.92 Å². The Labute approximate surface area is 225 Å². The molecule has 3 atom stereocenters. The largest absolute Gasteiger partial charge is 0.472 e. The maximum absolute atomic E-state index is 13.6. The van der Waals surface area contributed by atoms with E-state index in [1.54, 1.807) is 31.1 Å². The van der Waals surface area contributed by atoms with Gasteiger partial charge >= 0.3 is 12.2 Å². The molecule has 1 aromatic carbocycles. The number of benzene rings is 1. The molecule has 2 heterocycles. The Kier molecular flexibility index (Phi) is 8.48. The van der Waals surface area contributed by atoms with Crippen LogP contribution >= 0.6 is 0 Å². The Balaban J connectivity index is 1.55. The molecule has 210 valence electrons. The summed E-state index contributed by atoms with van der Waals surface area (Å²) in [5, 5.41) is 12.4. The lowest BCUT2D eigenvalue weighted by molar-refractivity contribution is -0.137. The van der Waals surface area contributed by atoms with Gasteiger partial charge in [0.15, 0.2) is 0 Å². The molecule has 1 aromatic heterocycles. The number of fused-ring (bicyclic) bond motifs is 1. The third-order valence-electron chi connectivity index (χ3n) is 7.20. The van der Waals surface area contributed by atoms with Crippen LogP contribution in [0.5, 0.6) is 5.88 Å². The molecular weight excluding hydrogens is 513 g/mol. The number of likely N-dealkylation sites (N-methyl/N-ethyl adjacent to an activating group) is 1. The standard InChI is InChI=1S/C28H33F3N4O4/c1-17-14-35(18(2)16-36)26(37)23-12-20(19-6-4-5-7-19)13-32-25(23)39-24(17)15-34(3)27(38)33-22-10-8-21(9-11-22)28(29,30)31/h6,8-13,17-18,24,36H,4-5,7,14-16H2,1-3H3,(H,33,38)/t17-,18-,24+/m1/s1. The van der Waals surface area contributed by atoms with Crippen molar-refractivity contribution in [1.29, 1.82) is 0 Å². The van der Waals surface area contributed by atoms with Crippen molar-refractivity contribution in [2.75, 3.05) is 32.1 Å². The minimum atomic E-state index is -4.47. The number of nitrogens with zero attached hydrogens (tertiary/aromatic N) is 3. The molecule has 0 saturated heterocycles. The Hall–Kier alpha value is -3.60. The monoisotopic (exact) mass is 546 g/mol. The third-order valence-corrected chi connectivity index (χ3v) is 7.20. The fraction of sp³-hybridized carbons (Fsp3) is 0.464. The molecule has 1 aliphatic heterocycles. The fourth-order valence-corrected chi connectivity index (χ4v) is 4.74. The lowest BCUT2D eigenvalue weighted by atomic mass is 9.99. The normalized spacial score (nSPS) is 20.3. The predicted octanol–water partition coefficient (Wildman–Crippen LogP) is 5.05. The number of aliphatic hydroxyl groups excluding tert-OH is 1. The van der Waals surface area contributed by atoms with Gasteiger partial charge in [-0.2, -0.15) is 13.2 Å². The number of aromatic nitrogens is 1. The quantitative estimate of drug-likeness (QED) is 0.529. The summed E-state index contributed by atoms with van der Waals surface area (Å²) in [6.45, 7) is 3.84. The smallest absolute Gasteiger partial charge is 0.416 e. The Morgan fingerprint density at radius 2 is 2.03 bits per heavy atom. The van der Waals surface area contributed by atoms with Crippen LogP contribution < -0.4 is 10.1 Å². The first kappa shape index (κ1) is 28.4. The zero-order chi connectivity index (χ0) is 28.3. The summed E-state index contributed by atoms with van der Waals surface area (Å²) in [7, 11) is 1.55. The molecule has 0 radical (unpaired) electrons. The summed E-state index contributed by atoms with van der Waals surface area (Å²) in [5.41, 5.74) is 1.71. The number of nitrogens with one attached hydrogen (secondary N) is 1. The van der Waals surface area contributed by atoms with Gasteiger partial charge < -0.3 is 25.0 Å². The van der Waals surface area contributed by atoms with E-state index in [9.17, 15) is 27.9 Å². The first-order valence-electron chi connectivity index (χ1n) is 12.9. The lowest BCUT2D eigenvalue weighted by Gasteiger charge is -2.37. The van der Waals surface area contributed by atoms with Gasteiger partial charge in [0.1, 0.15) is 11.7 Å². The number of allylic oxidation sites excluding steroid dienone is 2. The van der Waals surface area contributed by atoms with Crippen LogP contribution in [-0.2, 0) is 6.18 Å². The van der Waals surface area contributed by atoms with Crippen LogP contribution in [0.15, 0.2) is 42.6 Å². The number of hydrogen-bond donors (Lipinski definition) is 2. The van der Waals surface area contributed by atoms with Gasteiger partial charge in [0.2, 0.25) is 5.88 Å². The van der Waals surface area contributed by atoms with E-state index in [2.05, 4.69) is 16.4 Å². The number of anilines is 1. The summed E-state index contributed by atoms with van der Waals surface area (Å²) in [5.74, 6) is -0.361. The van der Waals surface area contributed by atoms with E-state index in [0.717, 1.165) is 42.5 Å². The van der Waals surface area contributed by atoms with Crippen molar-refractivity contribution in [1.82, 2.24) is 14.8 Å². The zero-order valence-electron chi connectivity index (χ0n) is 22.2. The molecule has 11 heteroatoms. The second-order valence-electron chi connectivity index (χ2n) is 10.2. The average molecular weight is 547 g/mol. The fourth-order valence-electron chi connectivity index (χ4n) is 4.74. The highest BCUT2D eigenvalue weighted by atomic mass is 19.4. The Morgan fingerprint density at radius 1 is 1.31 bits per heavy atom. The number of alkyl halides is 3. The van der Waals surface area contributed by atoms with Gasteiger partial charge in [-0.05, 0) is 67.7 Å². The van der Waals surface area contributed by atoms with Crippen molar-refractivity contribution in [3.8, 4) is 5.88 Å². The summed E-state index contributed by atoms with van der Waals surface area (Å²) in [4.78, 5) is 33.9. The molecule has 3 amide bonds. The predicted molar refractivity (Wildman–Crippen MR) is 140 cm³/mol. The van der Waals surface area contributed by atoms with Crippen LogP contribution in [0.1, 0.15) is 54.6 Å². The number of pyridine rings is 1. The van der Waals surface area contributed by atoms with E-state index in [4.69, 9.17) is 4.74 Å². The van der Waals surface area contributed by atoms with Gasteiger partial charge in [-0.1, -0.05) is 13.0 Å². The number of urea groups is 1. The van der Waals surface area contributed by atoms with E-state index in [1.807, 2.05) is 6.92 Å². The summed E-state index contributed by atoms with van der Waals surface area (Å²) < 4.78 is 44.8. The second-order valence-corrected chi connectivity index (χ2v) is 10.2. The first-order valence-corrected chi connectivity index (χ1v) is 12.9. The van der Waals surface area contributed by atoms with Crippen LogP contribution in [0.4, 0.5) is 23.7 Å². The highest BCUT2D eigenvalue weighted by Crippen LogP contribution is 2.33. The molecule has 2 aromatic rings. The van der Waals surface area contributed by atoms with Gasteiger partial charge in [-0.25, -0.2) is 9.78 Å². The lowest BCUT2D eigenvalue weighted by Crippen LogP contribution is -2.50. The highest BCUT2D eigenvalue weighted by Gasteiger charge is 2.35. The van der Waals surface area contributed by atoms with Crippen LogP contribution in [0.25, 0.3) is 5.57 Å². The maximum Gasteiger partial charge on any atom is 0.416 e. The van der Waals surface area contributed by atoms with E-state index in [0.29, 0.717) is 5.56 Å². The molecule has 0 fully saturated rings. The molecule has 2 aliphatic rings. The summed E-state index contributed by atoms with van der Waals surface area (Å²) >= 11 is 0. The molecule has 0 spiro atoms. The van der Waals surface area contributed by atoms with E-state index < -0.39 is 29.9 Å². The topological polar surface area (TPSA) is 95.0 Å². The number of halogens is 3. The van der Waals surface area contributed by atoms with Crippen molar-refractivity contribution >= 4 is 23.2 Å². The molecule has 39 heavy (non-hydrogen) atoms. The number of amides is 3. The Bertz CT molecular complexity index is 1230. The van der Waals surface area contributed by atoms with E-state index in [-0.39, 0.29) is 43.1 Å². The highest BCUT2D eigenvalue weighted by molar-refractivity contribution is 5.97. The SMILES string of the molecule is C[C@@H]1CN([C@H](C)CO)C(=O)c2cc(C3=CCCC3)cnc2O[C@H]1CN(C)C(=O)Nc1ccc(C(F)(F)F)cc1. The van der Waals surface area contributed by atoms with Crippen molar-refractivity contribution in [3.63, 3.8) is 0 Å². The number of carbonyl (C=O) groups excluding carboxylic acids is 2. The number of carbonyl (C=O) groups is 2. The van der Waals surface area contributed by atoms with Crippen LogP contribution in [0.2, 0.25) is 0 Å². The molecule has 0 unspecified atom stereocenters. The van der Waals surface area contributed by atoms with Gasteiger partial charge in [0.25, 0.3) is 5.91 Å². The molecule has 0 bridgehead atoms. The molecule has 2 N–H and O–H groups in total. The number of rotatable bonds is 6. The van der Waals surface area contributed by atoms with Gasteiger partial charge in [0, 0.05) is 31.4 Å². The molecule has 1 aliphatic carbocycles. The average Bonchev–Trinajstić information content (AvgIpc) is 3.45. The molecule has 0 saturated carbocycles. The minimum Gasteiger partial charge on any atom is -0.472 e. The van der Waals surface area contributed by atoms with Crippen LogP contribution in [-0.4, -0.2) is 70.7 Å². The van der Waals surface area contributed by atoms with Crippen LogP contribution in [0, 0.1) is 5.92 Å². The van der Waals surface area contributed by atoms with Crippen molar-refractivity contribution in [3.05, 3.63) is 59.3 Å². The van der Waals surface area contributed by atoms with Crippen LogP contribution in [0.3, 0.4) is 0 Å². The number of ether oxygens (including phenoxy) is 1. The van der Waals surface area contributed by atoms with Gasteiger partial charge in [-0.15, -0.1) is 0 Å². The third kappa shape index (κ3) is 6.52. The van der Waals surface area contributed by atoms with Crippen molar-refractivity contribution < 1.29 is 32.6 Å². The van der Waals surface area contributed by atoms with Gasteiger partial charge in [-0.3, -0.25) is 4.79 Å². The maximum atomic E-state index is 13.6. The van der Waals surface area contributed by atoms with Crippen molar-refractivity contribution in [2.45, 2.75) is 51.4 Å². The van der Waals surface area contributed by atoms with Gasteiger partial charge in [0.05, 0.1) is 24.8 Å². The second kappa shape index (κ2) is 11.6. The number of hydrogen-bond acceptors (Lipinski definition) is 5. The molecule has 8 nitrogen and oxygen atoms in total. The first-order chi connectivity index (χ1) is 18.5. The summed E-state index contributed by atoms with van der Waals surface area (Å²) in [6, 6.07) is 5.01. The number of aliphatic hydroxyl groups is 1. The Morgan fingerprint density at radius 3 is 2.64 bits per heavy atom. The van der Waals surface area contributed by atoms with E-state index in [1.165, 1.54) is 17.0 Å². The minimum absolute atomic E-state index is 0.122. The summed E-state index contributed by atoms with van der Waals surface area (Å²) in [6.07, 6.45) is 1.74. The van der Waals surface area contributed by atoms with E-state index >= 15 is 0 Å². The molecule has 4 rings (SSSR count).